The van der Waals surface area contributed by atoms with Crippen LogP contribution in [0.3, 0.4) is 0 Å². The number of likely N-dealkylation sites (tertiary alicyclic amines) is 2. The maximum absolute atomic E-state index is 15.6. The van der Waals surface area contributed by atoms with Crippen molar-refractivity contribution in [3.05, 3.63) is 131 Å². The number of carbonyl (C=O) groups is 4. The van der Waals surface area contributed by atoms with Gasteiger partial charge in [0.05, 0.1) is 43.1 Å². The average Bonchev–Trinajstić information content (AvgIpc) is 3.63. The number of nitrogens with zero attached hydrogens (tertiary/aromatic N) is 3. The minimum atomic E-state index is -1.51. The summed E-state index contributed by atoms with van der Waals surface area (Å²) in [6.07, 6.45) is 3.90. The molecule has 58 heavy (non-hydrogen) atoms. The van der Waals surface area contributed by atoms with Crippen LogP contribution < -0.4 is 14.9 Å². The van der Waals surface area contributed by atoms with E-state index in [1.54, 1.807) is 4.90 Å². The number of benzene rings is 4. The largest absolute Gasteiger partial charge is 0.508 e. The third kappa shape index (κ3) is 5.89. The number of piperidine rings is 1. The minimum Gasteiger partial charge on any atom is -0.508 e. The fourth-order valence-electron chi connectivity index (χ4n) is 10.8. The van der Waals surface area contributed by atoms with E-state index in [4.69, 9.17) is 9.47 Å². The monoisotopic (exact) mass is 780 g/mol. The lowest BCUT2D eigenvalue weighted by molar-refractivity contribution is -0.144. The fourth-order valence-corrected chi connectivity index (χ4v) is 10.8. The van der Waals surface area contributed by atoms with Crippen molar-refractivity contribution in [2.24, 2.45) is 23.7 Å². The molecule has 0 spiro atoms. The quantitative estimate of drug-likeness (QED) is 0.147. The zero-order valence-corrected chi connectivity index (χ0v) is 33.0. The number of aryl methyl sites for hydroxylation is 1. The Morgan fingerprint density at radius 3 is 2.07 bits per heavy atom. The summed E-state index contributed by atoms with van der Waals surface area (Å²) in [4.78, 5) is 64.0. The Labute approximate surface area is 338 Å². The first kappa shape index (κ1) is 37.6. The standard InChI is InChI=1S/C47H48N4O7/c1-28-14-16-31(17-15-28)48-51-44(54)37-26-36-34(42(41-38(57-2)24-33(52)25-39(41)58-3)47(37,46(51)56)30-12-8-5-9-13-30)18-19-35-40(36)45(55)50(43(35)53)32-20-22-49(23-21-32)27-29-10-6-4-7-11-29/h4-18,24-25,32,35-37,40,42,48,52H,19-23,26-27H2,1-3H3/t35-,36+,37-,40-,42+,47+/m0/s1. The fraction of sp³-hybridized carbons (Fsp3) is 0.362. The number of hydrogen-bond donors (Lipinski definition) is 2. The molecule has 3 heterocycles. The molecule has 0 unspecified atom stereocenters. The van der Waals surface area contributed by atoms with Crippen LogP contribution in [0.1, 0.15) is 53.9 Å². The van der Waals surface area contributed by atoms with Gasteiger partial charge in [-0.2, -0.15) is 5.01 Å². The summed E-state index contributed by atoms with van der Waals surface area (Å²) in [5.41, 5.74) is 6.38. The molecule has 9 rings (SSSR count). The number of allylic oxidation sites excluding steroid dienone is 2. The predicted octanol–water partition coefficient (Wildman–Crippen LogP) is 6.37. The Kier molecular flexibility index (Phi) is 9.59. The molecular formula is C47H48N4O7. The highest BCUT2D eigenvalue weighted by Crippen LogP contribution is 2.66. The van der Waals surface area contributed by atoms with E-state index in [2.05, 4.69) is 22.5 Å². The first-order valence-electron chi connectivity index (χ1n) is 20.2. The maximum Gasteiger partial charge on any atom is 0.260 e. The van der Waals surface area contributed by atoms with Gasteiger partial charge in [-0.25, -0.2) is 0 Å². The van der Waals surface area contributed by atoms with E-state index in [0.29, 0.717) is 36.1 Å². The van der Waals surface area contributed by atoms with Gasteiger partial charge in [0.2, 0.25) is 11.8 Å². The number of imide groups is 2. The van der Waals surface area contributed by atoms with Gasteiger partial charge in [0, 0.05) is 49.3 Å². The lowest BCUT2D eigenvalue weighted by atomic mass is 9.49. The van der Waals surface area contributed by atoms with Crippen molar-refractivity contribution in [2.45, 2.75) is 56.5 Å². The van der Waals surface area contributed by atoms with E-state index in [1.165, 1.54) is 31.9 Å². The molecule has 6 atom stereocenters. The van der Waals surface area contributed by atoms with Crippen LogP contribution in [0.4, 0.5) is 5.69 Å². The van der Waals surface area contributed by atoms with Crippen molar-refractivity contribution in [3.63, 3.8) is 0 Å². The Morgan fingerprint density at radius 1 is 0.793 bits per heavy atom. The van der Waals surface area contributed by atoms with Gasteiger partial charge in [-0.05, 0) is 61.8 Å². The number of fused-ring (bicyclic) bond motifs is 4. The molecule has 11 heteroatoms. The smallest absolute Gasteiger partial charge is 0.260 e. The Balaban J connectivity index is 1.14. The first-order chi connectivity index (χ1) is 28.1. The van der Waals surface area contributed by atoms with Crippen LogP contribution in [0.25, 0.3) is 0 Å². The normalized spacial score (nSPS) is 27.2. The van der Waals surface area contributed by atoms with Gasteiger partial charge in [0.15, 0.2) is 0 Å². The first-order valence-corrected chi connectivity index (χ1v) is 20.2. The molecule has 5 aliphatic rings. The van der Waals surface area contributed by atoms with Gasteiger partial charge < -0.3 is 14.6 Å². The zero-order chi connectivity index (χ0) is 40.3. The molecule has 0 bridgehead atoms. The highest BCUT2D eigenvalue weighted by molar-refractivity contribution is 6.13. The second-order valence-corrected chi connectivity index (χ2v) is 16.4. The van der Waals surface area contributed by atoms with Crippen LogP contribution in [-0.2, 0) is 31.1 Å². The molecule has 0 aromatic heterocycles. The molecule has 4 amide bonds. The summed E-state index contributed by atoms with van der Waals surface area (Å²) in [7, 11) is 2.98. The van der Waals surface area contributed by atoms with E-state index >= 15 is 9.59 Å². The minimum absolute atomic E-state index is 0.0914. The molecule has 4 aromatic carbocycles. The number of nitrogens with one attached hydrogen (secondary N) is 1. The summed E-state index contributed by atoms with van der Waals surface area (Å²) in [5, 5.41) is 12.0. The molecule has 4 aromatic rings. The molecular weight excluding hydrogens is 733 g/mol. The summed E-state index contributed by atoms with van der Waals surface area (Å²) < 4.78 is 11.9. The van der Waals surface area contributed by atoms with Gasteiger partial charge in [0.1, 0.15) is 17.2 Å². The van der Waals surface area contributed by atoms with E-state index in [9.17, 15) is 14.7 Å². The molecule has 3 aliphatic heterocycles. The van der Waals surface area contributed by atoms with Crippen molar-refractivity contribution in [1.29, 1.82) is 0 Å². The van der Waals surface area contributed by atoms with Crippen LogP contribution in [-0.4, -0.2) is 76.9 Å². The summed E-state index contributed by atoms with van der Waals surface area (Å²) >= 11 is 0. The molecule has 0 radical (unpaired) electrons. The maximum atomic E-state index is 15.6. The highest BCUT2D eigenvalue weighted by Gasteiger charge is 2.71. The van der Waals surface area contributed by atoms with Crippen LogP contribution in [0.2, 0.25) is 0 Å². The van der Waals surface area contributed by atoms with Gasteiger partial charge in [-0.1, -0.05) is 90.0 Å². The topological polar surface area (TPSA) is 129 Å². The second kappa shape index (κ2) is 14.8. The number of carbonyl (C=O) groups excluding carboxylic acids is 4. The van der Waals surface area contributed by atoms with E-state index in [0.717, 1.165) is 35.8 Å². The Bertz CT molecular complexity index is 2260. The van der Waals surface area contributed by atoms with E-state index in [-0.39, 0.29) is 41.5 Å². The van der Waals surface area contributed by atoms with Crippen LogP contribution in [0, 0.1) is 30.6 Å². The lowest BCUT2D eigenvalue weighted by Crippen LogP contribution is -2.53. The van der Waals surface area contributed by atoms with Crippen molar-refractivity contribution in [2.75, 3.05) is 32.7 Å². The number of phenolic OH excluding ortho intramolecular Hbond substituents is 1. The van der Waals surface area contributed by atoms with Gasteiger partial charge in [-0.15, -0.1) is 0 Å². The highest BCUT2D eigenvalue weighted by atomic mass is 16.5. The Morgan fingerprint density at radius 2 is 1.43 bits per heavy atom. The zero-order valence-electron chi connectivity index (χ0n) is 33.0. The second-order valence-electron chi connectivity index (χ2n) is 16.4. The molecule has 1 saturated carbocycles. The summed E-state index contributed by atoms with van der Waals surface area (Å²) in [6, 6.07) is 29.9. The number of anilines is 1. The molecule has 298 valence electrons. The molecule has 4 fully saturated rings. The van der Waals surface area contributed by atoms with Gasteiger partial charge in [-0.3, -0.25) is 34.4 Å². The number of phenols is 1. The SMILES string of the molecule is COc1cc(O)cc(OC)c1[C@H]1C2=CC[C@@H]3C(=O)N(C4CCN(Cc5ccccc5)CC4)C(=O)[C@@H]3[C@@H]2C[C@H]2C(=O)N(Nc3ccc(C)cc3)C(=O)[C@@]12c1ccccc1. The summed E-state index contributed by atoms with van der Waals surface area (Å²) in [6.45, 7) is 4.31. The van der Waals surface area contributed by atoms with Crippen molar-refractivity contribution >= 4 is 29.3 Å². The van der Waals surface area contributed by atoms with E-state index < -0.39 is 46.8 Å². The molecule has 11 nitrogen and oxygen atoms in total. The third-order valence-electron chi connectivity index (χ3n) is 13.4. The van der Waals surface area contributed by atoms with Crippen LogP contribution >= 0.6 is 0 Å². The number of aromatic hydroxyl groups is 1. The Hall–Kier alpha value is -5.94. The molecule has 2 N–H and O–H groups in total. The van der Waals surface area contributed by atoms with Crippen molar-refractivity contribution < 1.29 is 33.8 Å². The average molecular weight is 781 g/mol. The van der Waals surface area contributed by atoms with Crippen molar-refractivity contribution in [1.82, 2.24) is 14.8 Å². The van der Waals surface area contributed by atoms with E-state index in [1.807, 2.05) is 85.8 Å². The number of hydrogen-bond acceptors (Lipinski definition) is 9. The van der Waals surface area contributed by atoms with Crippen molar-refractivity contribution in [3.8, 4) is 17.2 Å². The van der Waals surface area contributed by atoms with Gasteiger partial charge in [0.25, 0.3) is 11.8 Å². The molecule has 3 saturated heterocycles. The summed E-state index contributed by atoms with van der Waals surface area (Å²) in [5.74, 6) is -4.38. The number of hydrazine groups is 1. The molecule has 2 aliphatic carbocycles. The number of ether oxygens (including phenoxy) is 2. The lowest BCUT2D eigenvalue weighted by Gasteiger charge is -2.51. The number of amides is 4. The third-order valence-corrected chi connectivity index (χ3v) is 13.4. The van der Waals surface area contributed by atoms with Crippen LogP contribution in [0.5, 0.6) is 17.2 Å². The predicted molar refractivity (Wildman–Crippen MR) is 217 cm³/mol. The van der Waals surface area contributed by atoms with Crippen LogP contribution in [0.15, 0.2) is 109 Å². The number of rotatable bonds is 9. The van der Waals surface area contributed by atoms with Gasteiger partial charge >= 0.3 is 0 Å². The number of methoxy groups -OCH3 is 2.